The van der Waals surface area contributed by atoms with Crippen molar-refractivity contribution in [2.75, 3.05) is 44.7 Å². The molecule has 0 atom stereocenters. The van der Waals surface area contributed by atoms with Crippen LogP contribution < -0.4 is 15.8 Å². The highest BCUT2D eigenvalue weighted by molar-refractivity contribution is 5.94. The minimum atomic E-state index is -0.0511. The topological polar surface area (TPSA) is 76.6 Å². The van der Waals surface area contributed by atoms with Gasteiger partial charge in [0.1, 0.15) is 0 Å². The second-order valence-electron chi connectivity index (χ2n) is 9.28. The maximum atomic E-state index is 12.5. The molecule has 0 spiro atoms. The van der Waals surface area contributed by atoms with Crippen LogP contribution >= 0.6 is 0 Å². The fourth-order valence-electron chi connectivity index (χ4n) is 4.34. The van der Waals surface area contributed by atoms with Crippen molar-refractivity contribution in [2.45, 2.75) is 13.0 Å². The number of nitrogens with one attached hydrogen (secondary N) is 2. The Morgan fingerprint density at radius 2 is 1.89 bits per heavy atom. The molecule has 1 aliphatic rings. The Morgan fingerprint density at radius 3 is 2.69 bits per heavy atom. The standard InChI is InChI=1S/C28H31N7O/c1-33(2)17-5-16-30-28(36)22-10-8-21(9-11-22)25-13-14-26-27(31-25)35(34(3)32-26)19-20-7-12-24-23(18-20)6-4-15-29-24/h4,6-15,18,32H,5,16-17,19H2,1-3H3,(H,30,36). The molecular formula is C28H31N7O. The van der Waals surface area contributed by atoms with E-state index in [-0.39, 0.29) is 5.91 Å². The number of rotatable bonds is 8. The number of hydrazine groups is 2. The third-order valence-corrected chi connectivity index (χ3v) is 6.27. The average molecular weight is 482 g/mol. The van der Waals surface area contributed by atoms with E-state index in [0.717, 1.165) is 46.6 Å². The summed E-state index contributed by atoms with van der Waals surface area (Å²) in [7, 11) is 6.04. The first-order valence-corrected chi connectivity index (χ1v) is 12.1. The molecule has 4 aromatic rings. The maximum Gasteiger partial charge on any atom is 0.251 e. The van der Waals surface area contributed by atoms with Crippen molar-refractivity contribution in [3.05, 3.63) is 84.1 Å². The zero-order chi connectivity index (χ0) is 25.1. The second-order valence-corrected chi connectivity index (χ2v) is 9.28. The van der Waals surface area contributed by atoms with Gasteiger partial charge in [-0.2, -0.15) is 0 Å². The number of benzene rings is 2. The van der Waals surface area contributed by atoms with Crippen LogP contribution in [-0.4, -0.2) is 60.1 Å². The van der Waals surface area contributed by atoms with Gasteiger partial charge in [-0.25, -0.2) is 4.98 Å². The van der Waals surface area contributed by atoms with Gasteiger partial charge in [0.15, 0.2) is 5.82 Å². The second kappa shape index (κ2) is 10.3. The predicted octanol–water partition coefficient (Wildman–Crippen LogP) is 4.17. The van der Waals surface area contributed by atoms with Crippen molar-refractivity contribution in [1.29, 1.82) is 0 Å². The highest BCUT2D eigenvalue weighted by Crippen LogP contribution is 2.35. The molecule has 2 aromatic heterocycles. The van der Waals surface area contributed by atoms with Gasteiger partial charge in [-0.1, -0.05) is 24.3 Å². The predicted molar refractivity (Wildman–Crippen MR) is 144 cm³/mol. The van der Waals surface area contributed by atoms with E-state index in [4.69, 9.17) is 4.98 Å². The quantitative estimate of drug-likeness (QED) is 0.366. The number of hydrogen-bond acceptors (Lipinski definition) is 7. The maximum absolute atomic E-state index is 12.5. The lowest BCUT2D eigenvalue weighted by Gasteiger charge is -2.25. The smallest absolute Gasteiger partial charge is 0.251 e. The SMILES string of the molecule is CN(C)CCCNC(=O)c1ccc(-c2ccc3c(n2)N(Cc2ccc4ncccc4c2)N(C)N3)cc1. The molecule has 36 heavy (non-hydrogen) atoms. The van der Waals surface area contributed by atoms with Gasteiger partial charge < -0.3 is 10.2 Å². The number of aromatic nitrogens is 2. The Morgan fingerprint density at radius 1 is 1.06 bits per heavy atom. The third-order valence-electron chi connectivity index (χ3n) is 6.27. The molecular weight excluding hydrogens is 450 g/mol. The van der Waals surface area contributed by atoms with Crippen LogP contribution in [0.3, 0.4) is 0 Å². The third kappa shape index (κ3) is 5.15. The lowest BCUT2D eigenvalue weighted by molar-refractivity contribution is 0.0952. The number of nitrogens with zero attached hydrogens (tertiary/aromatic N) is 5. The Labute approximate surface area is 211 Å². The van der Waals surface area contributed by atoms with E-state index < -0.39 is 0 Å². The summed E-state index contributed by atoms with van der Waals surface area (Å²) in [5.74, 6) is 0.814. The summed E-state index contributed by atoms with van der Waals surface area (Å²) < 4.78 is 0. The Kier molecular flexibility index (Phi) is 6.79. The van der Waals surface area contributed by atoms with Gasteiger partial charge in [-0.3, -0.25) is 20.2 Å². The molecule has 2 N–H and O–H groups in total. The van der Waals surface area contributed by atoms with Gasteiger partial charge in [0.25, 0.3) is 5.91 Å². The van der Waals surface area contributed by atoms with E-state index >= 15 is 0 Å². The van der Waals surface area contributed by atoms with Gasteiger partial charge in [0.05, 0.1) is 23.4 Å². The minimum Gasteiger partial charge on any atom is -0.352 e. The van der Waals surface area contributed by atoms with Gasteiger partial charge in [-0.05, 0) is 75.1 Å². The molecule has 0 bridgehead atoms. The first kappa shape index (κ1) is 23.7. The van der Waals surface area contributed by atoms with E-state index in [1.54, 1.807) is 0 Å². The van der Waals surface area contributed by atoms with Gasteiger partial charge in [0, 0.05) is 36.3 Å². The van der Waals surface area contributed by atoms with Crippen molar-refractivity contribution in [1.82, 2.24) is 25.3 Å². The van der Waals surface area contributed by atoms with Crippen LogP contribution in [0.5, 0.6) is 0 Å². The largest absolute Gasteiger partial charge is 0.352 e. The fraction of sp³-hybridized carbons (Fsp3) is 0.250. The summed E-state index contributed by atoms with van der Waals surface area (Å²) in [6, 6.07) is 22.0. The zero-order valence-corrected chi connectivity index (χ0v) is 20.9. The zero-order valence-electron chi connectivity index (χ0n) is 20.9. The van der Waals surface area contributed by atoms with Crippen LogP contribution in [0.2, 0.25) is 0 Å². The van der Waals surface area contributed by atoms with Crippen LogP contribution in [0.15, 0.2) is 72.9 Å². The van der Waals surface area contributed by atoms with Crippen molar-refractivity contribution in [2.24, 2.45) is 0 Å². The van der Waals surface area contributed by atoms with E-state index in [1.165, 1.54) is 5.56 Å². The van der Waals surface area contributed by atoms with Crippen LogP contribution in [0, 0.1) is 0 Å². The normalized spacial score (nSPS) is 13.2. The van der Waals surface area contributed by atoms with E-state index in [9.17, 15) is 4.79 Å². The van der Waals surface area contributed by atoms with Crippen LogP contribution in [0.1, 0.15) is 22.3 Å². The van der Waals surface area contributed by atoms with Crippen molar-refractivity contribution < 1.29 is 4.79 Å². The van der Waals surface area contributed by atoms with Crippen LogP contribution in [0.25, 0.3) is 22.2 Å². The van der Waals surface area contributed by atoms with Gasteiger partial charge in [0.2, 0.25) is 0 Å². The van der Waals surface area contributed by atoms with E-state index in [2.05, 4.69) is 49.9 Å². The number of anilines is 2. The number of hydrogen-bond donors (Lipinski definition) is 2. The fourth-order valence-corrected chi connectivity index (χ4v) is 4.34. The number of amides is 1. The molecule has 0 fully saturated rings. The summed E-state index contributed by atoms with van der Waals surface area (Å²) in [5.41, 5.74) is 8.96. The molecule has 0 aliphatic carbocycles. The molecule has 5 rings (SSSR count). The summed E-state index contributed by atoms with van der Waals surface area (Å²) >= 11 is 0. The molecule has 0 unspecified atom stereocenters. The molecule has 1 aliphatic heterocycles. The summed E-state index contributed by atoms with van der Waals surface area (Å²) in [6.07, 6.45) is 2.73. The summed E-state index contributed by atoms with van der Waals surface area (Å²) in [4.78, 5) is 24.0. The van der Waals surface area contributed by atoms with Crippen molar-refractivity contribution >= 4 is 28.3 Å². The Bertz CT molecular complexity index is 1370. The van der Waals surface area contributed by atoms with Crippen molar-refractivity contribution in [3.63, 3.8) is 0 Å². The van der Waals surface area contributed by atoms with Crippen LogP contribution in [-0.2, 0) is 6.54 Å². The molecule has 0 saturated heterocycles. The van der Waals surface area contributed by atoms with Gasteiger partial charge >= 0.3 is 0 Å². The molecule has 8 nitrogen and oxygen atoms in total. The summed E-state index contributed by atoms with van der Waals surface area (Å²) in [5, 5.41) is 8.18. The number of pyridine rings is 2. The first-order chi connectivity index (χ1) is 17.5. The minimum absolute atomic E-state index is 0.0511. The number of fused-ring (bicyclic) bond motifs is 2. The average Bonchev–Trinajstić information content (AvgIpc) is 3.20. The highest BCUT2D eigenvalue weighted by Gasteiger charge is 2.26. The number of carbonyl (C=O) groups excluding carboxylic acids is 1. The molecule has 0 saturated carbocycles. The van der Waals surface area contributed by atoms with Gasteiger partial charge in [-0.15, -0.1) is 5.12 Å². The molecule has 8 heteroatoms. The first-order valence-electron chi connectivity index (χ1n) is 12.1. The molecule has 1 amide bonds. The lowest BCUT2D eigenvalue weighted by Crippen LogP contribution is -2.37. The molecule has 0 radical (unpaired) electrons. The molecule has 184 valence electrons. The van der Waals surface area contributed by atoms with E-state index in [1.807, 2.05) is 74.9 Å². The van der Waals surface area contributed by atoms with E-state index in [0.29, 0.717) is 18.7 Å². The Balaban J connectivity index is 1.31. The Hall–Kier alpha value is -4.01. The lowest BCUT2D eigenvalue weighted by atomic mass is 10.1. The van der Waals surface area contributed by atoms with Crippen LogP contribution in [0.4, 0.5) is 11.5 Å². The molecule has 2 aromatic carbocycles. The van der Waals surface area contributed by atoms with Crippen molar-refractivity contribution in [3.8, 4) is 11.3 Å². The molecule has 3 heterocycles. The summed E-state index contributed by atoms with van der Waals surface area (Å²) in [6.45, 7) is 2.28. The highest BCUT2D eigenvalue weighted by atomic mass is 16.1. The monoisotopic (exact) mass is 481 g/mol. The number of carbonyl (C=O) groups is 1.